The van der Waals surface area contributed by atoms with Crippen molar-refractivity contribution in [1.82, 2.24) is 5.32 Å². The van der Waals surface area contributed by atoms with Gasteiger partial charge in [-0.2, -0.15) is 5.10 Å². The molecule has 0 atom stereocenters. The van der Waals surface area contributed by atoms with Crippen LogP contribution in [0, 0.1) is 6.92 Å². The number of thioether (sulfide) groups is 1. The summed E-state index contributed by atoms with van der Waals surface area (Å²) in [4.78, 5) is 23.4. The predicted molar refractivity (Wildman–Crippen MR) is 122 cm³/mol. The molecular formula is C20H19BrN4O4S. The zero-order chi connectivity index (χ0) is 21.5. The summed E-state index contributed by atoms with van der Waals surface area (Å²) in [6.07, 6.45) is 1.53. The first-order valence-electron chi connectivity index (χ1n) is 8.85. The van der Waals surface area contributed by atoms with E-state index in [1.54, 1.807) is 12.1 Å². The van der Waals surface area contributed by atoms with Crippen molar-refractivity contribution in [2.24, 2.45) is 10.2 Å². The lowest BCUT2D eigenvalue weighted by molar-refractivity contribution is -0.118. The Morgan fingerprint density at radius 1 is 1.37 bits per heavy atom. The maximum Gasteiger partial charge on any atom is 0.262 e. The minimum Gasteiger partial charge on any atom is -0.493 e. The number of carbonyl (C=O) groups is 2. The molecule has 1 aliphatic heterocycles. The van der Waals surface area contributed by atoms with Crippen molar-refractivity contribution in [2.45, 2.75) is 6.92 Å². The quantitative estimate of drug-likeness (QED) is 0.457. The van der Waals surface area contributed by atoms with Crippen molar-refractivity contribution in [3.63, 3.8) is 0 Å². The molecule has 1 heterocycles. The van der Waals surface area contributed by atoms with Gasteiger partial charge in [0.1, 0.15) is 0 Å². The highest BCUT2D eigenvalue weighted by Crippen LogP contribution is 2.36. The van der Waals surface area contributed by atoms with E-state index < -0.39 is 0 Å². The van der Waals surface area contributed by atoms with Crippen LogP contribution in [-0.4, -0.2) is 42.7 Å². The Morgan fingerprint density at radius 3 is 2.87 bits per heavy atom. The van der Waals surface area contributed by atoms with Crippen molar-refractivity contribution in [1.29, 1.82) is 0 Å². The fourth-order valence-corrected chi connectivity index (χ4v) is 3.72. The first-order chi connectivity index (χ1) is 14.5. The van der Waals surface area contributed by atoms with Crippen LogP contribution in [0.15, 0.2) is 51.1 Å². The molecule has 0 aromatic heterocycles. The Morgan fingerprint density at radius 2 is 2.17 bits per heavy atom. The molecule has 1 fully saturated rings. The van der Waals surface area contributed by atoms with Crippen molar-refractivity contribution in [3.8, 4) is 11.5 Å². The van der Waals surface area contributed by atoms with Crippen LogP contribution in [0.1, 0.15) is 11.1 Å². The van der Waals surface area contributed by atoms with E-state index in [0.29, 0.717) is 32.5 Å². The van der Waals surface area contributed by atoms with E-state index in [9.17, 15) is 9.59 Å². The molecule has 0 saturated carbocycles. The molecule has 0 aliphatic carbocycles. The van der Waals surface area contributed by atoms with Gasteiger partial charge in [0.15, 0.2) is 23.3 Å². The summed E-state index contributed by atoms with van der Waals surface area (Å²) in [5.41, 5.74) is 2.41. The fourth-order valence-electron chi connectivity index (χ4n) is 2.52. The largest absolute Gasteiger partial charge is 0.493 e. The Kier molecular flexibility index (Phi) is 7.47. The van der Waals surface area contributed by atoms with E-state index in [1.165, 1.54) is 25.1 Å². The lowest BCUT2D eigenvalue weighted by atomic mass is 10.2. The minimum atomic E-state index is -0.282. The summed E-state index contributed by atoms with van der Waals surface area (Å²) in [6.45, 7) is 1.74. The van der Waals surface area contributed by atoms with Crippen LogP contribution in [0.25, 0.3) is 0 Å². The molecule has 0 bridgehead atoms. The third-order valence-electron chi connectivity index (χ3n) is 3.96. The second kappa shape index (κ2) is 10.3. The number of anilines is 1. The number of aryl methyl sites for hydroxylation is 1. The smallest absolute Gasteiger partial charge is 0.262 e. The number of rotatable bonds is 7. The van der Waals surface area contributed by atoms with Crippen LogP contribution >= 0.6 is 27.7 Å². The zero-order valence-electron chi connectivity index (χ0n) is 16.3. The van der Waals surface area contributed by atoms with Crippen LogP contribution in [0.2, 0.25) is 0 Å². The first-order valence-corrected chi connectivity index (χ1v) is 10.6. The van der Waals surface area contributed by atoms with Gasteiger partial charge in [0.2, 0.25) is 5.91 Å². The van der Waals surface area contributed by atoms with Crippen LogP contribution in [-0.2, 0) is 9.59 Å². The number of para-hydroxylation sites is 1. The molecule has 0 radical (unpaired) electrons. The first kappa shape index (κ1) is 21.8. The number of halogens is 1. The molecule has 1 saturated heterocycles. The van der Waals surface area contributed by atoms with Crippen LogP contribution in [0.5, 0.6) is 11.5 Å². The lowest BCUT2D eigenvalue weighted by Crippen LogP contribution is -2.21. The maximum atomic E-state index is 12.2. The van der Waals surface area contributed by atoms with Crippen LogP contribution in [0.4, 0.5) is 5.69 Å². The predicted octanol–water partition coefficient (Wildman–Crippen LogP) is 3.34. The topological polar surface area (TPSA) is 101 Å². The molecule has 2 aromatic rings. The summed E-state index contributed by atoms with van der Waals surface area (Å²) in [6, 6.07) is 11.0. The van der Waals surface area contributed by atoms with Crippen LogP contribution < -0.4 is 20.1 Å². The molecule has 3 rings (SSSR count). The summed E-state index contributed by atoms with van der Waals surface area (Å²) >= 11 is 4.73. The second-order valence-electron chi connectivity index (χ2n) is 6.17. The number of benzene rings is 2. The highest BCUT2D eigenvalue weighted by molar-refractivity contribution is 9.10. The van der Waals surface area contributed by atoms with Gasteiger partial charge in [0.25, 0.3) is 5.91 Å². The molecule has 8 nitrogen and oxygen atoms in total. The Labute approximate surface area is 186 Å². The van der Waals surface area contributed by atoms with E-state index >= 15 is 0 Å². The van der Waals surface area contributed by atoms with Gasteiger partial charge in [0, 0.05) is 5.69 Å². The number of carbonyl (C=O) groups excluding carboxylic acids is 2. The molecule has 10 heteroatoms. The fraction of sp³-hybridized carbons (Fsp3) is 0.200. The van der Waals surface area contributed by atoms with Crippen molar-refractivity contribution >= 4 is 56.6 Å². The van der Waals surface area contributed by atoms with Gasteiger partial charge in [-0.15, -0.1) is 5.10 Å². The number of nitrogens with one attached hydrogen (secondary N) is 2. The van der Waals surface area contributed by atoms with Crippen molar-refractivity contribution < 1.29 is 19.1 Å². The molecule has 2 amide bonds. The highest BCUT2D eigenvalue weighted by Gasteiger charge is 2.16. The Hall–Kier alpha value is -2.85. The Balaban J connectivity index is 1.66. The van der Waals surface area contributed by atoms with Crippen molar-refractivity contribution in [2.75, 3.05) is 24.8 Å². The summed E-state index contributed by atoms with van der Waals surface area (Å²) in [5.74, 6) is 0.810. The second-order valence-corrected chi connectivity index (χ2v) is 7.99. The Bertz CT molecular complexity index is 1030. The number of hydrogen-bond acceptors (Lipinski definition) is 7. The van der Waals surface area contributed by atoms with Gasteiger partial charge in [-0.3, -0.25) is 9.59 Å². The highest BCUT2D eigenvalue weighted by atomic mass is 79.9. The van der Waals surface area contributed by atoms with E-state index in [0.717, 1.165) is 11.3 Å². The molecule has 0 unspecified atom stereocenters. The average molecular weight is 491 g/mol. The van der Waals surface area contributed by atoms with Crippen molar-refractivity contribution in [3.05, 3.63) is 52.0 Å². The van der Waals surface area contributed by atoms with E-state index in [-0.39, 0.29) is 18.4 Å². The average Bonchev–Trinajstić information content (AvgIpc) is 3.13. The maximum absolute atomic E-state index is 12.2. The number of ether oxygens (including phenoxy) is 2. The minimum absolute atomic E-state index is 0.0914. The van der Waals surface area contributed by atoms with Gasteiger partial charge >= 0.3 is 0 Å². The van der Waals surface area contributed by atoms with Gasteiger partial charge < -0.3 is 20.1 Å². The van der Waals surface area contributed by atoms with Crippen LogP contribution in [0.3, 0.4) is 0 Å². The van der Waals surface area contributed by atoms with Gasteiger partial charge in [-0.05, 0) is 52.2 Å². The van der Waals surface area contributed by atoms with Gasteiger partial charge in [-0.25, -0.2) is 0 Å². The third kappa shape index (κ3) is 5.83. The molecule has 156 valence electrons. The van der Waals surface area contributed by atoms with E-state index in [2.05, 4.69) is 36.8 Å². The molecular weight excluding hydrogens is 472 g/mol. The number of amidine groups is 1. The van der Waals surface area contributed by atoms with E-state index in [4.69, 9.17) is 9.47 Å². The summed E-state index contributed by atoms with van der Waals surface area (Å²) < 4.78 is 11.7. The summed E-state index contributed by atoms with van der Waals surface area (Å²) in [5, 5.41) is 13.8. The molecule has 0 spiro atoms. The van der Waals surface area contributed by atoms with E-state index in [1.807, 2.05) is 31.2 Å². The molecule has 2 N–H and O–H groups in total. The number of hydrogen-bond donors (Lipinski definition) is 2. The molecule has 2 aromatic carbocycles. The normalized spacial score (nSPS) is 14.8. The number of methoxy groups -OCH3 is 1. The van der Waals surface area contributed by atoms with Gasteiger partial charge in [-0.1, -0.05) is 30.0 Å². The zero-order valence-corrected chi connectivity index (χ0v) is 18.7. The SMILES string of the molecule is COc1cc(C=NN=C2NC(=O)CS2)cc(Br)c1OCC(=O)Nc1ccccc1C. The molecule has 1 aliphatic rings. The summed E-state index contributed by atoms with van der Waals surface area (Å²) in [7, 11) is 1.51. The lowest BCUT2D eigenvalue weighted by Gasteiger charge is -2.14. The standard InChI is InChI=1S/C20H19BrN4O4S/c1-12-5-3-4-6-15(12)23-17(26)10-29-19-14(21)7-13(8-16(19)28-2)9-22-25-20-24-18(27)11-30-20/h3-9H,10-11H2,1-2H3,(H,23,26)(H,24,25,27). The number of nitrogens with zero attached hydrogens (tertiary/aromatic N) is 2. The number of amides is 2. The van der Waals surface area contributed by atoms with Gasteiger partial charge in [0.05, 0.1) is 23.5 Å². The third-order valence-corrected chi connectivity index (χ3v) is 5.41. The molecule has 30 heavy (non-hydrogen) atoms. The monoisotopic (exact) mass is 490 g/mol.